The summed E-state index contributed by atoms with van der Waals surface area (Å²) in [6.45, 7) is 0. The molecule has 1 heterocycles. The Hall–Kier alpha value is -2.23. The summed E-state index contributed by atoms with van der Waals surface area (Å²) in [7, 11) is 0. The highest BCUT2D eigenvalue weighted by molar-refractivity contribution is 5.89. The number of rotatable bonds is 2. The van der Waals surface area contributed by atoms with E-state index in [9.17, 15) is 13.6 Å². The number of halogens is 2. The number of nitrogens with zero attached hydrogens (tertiary/aromatic N) is 2. The maximum absolute atomic E-state index is 12.3. The summed E-state index contributed by atoms with van der Waals surface area (Å²) in [5.41, 5.74) is -2.36. The molecule has 0 atom stereocenters. The SMILES string of the molecule is N#Cc1cc(C(F)F)c(O)c(C(=O)O)n1. The highest BCUT2D eigenvalue weighted by atomic mass is 19.3. The summed E-state index contributed by atoms with van der Waals surface area (Å²) in [4.78, 5) is 13.7. The summed E-state index contributed by atoms with van der Waals surface area (Å²) in [5, 5.41) is 26.0. The molecule has 5 nitrogen and oxygen atoms in total. The molecule has 0 aliphatic rings. The van der Waals surface area contributed by atoms with E-state index in [1.54, 1.807) is 0 Å². The molecule has 0 aliphatic heterocycles. The zero-order chi connectivity index (χ0) is 11.6. The Labute approximate surface area is 82.2 Å². The lowest BCUT2D eigenvalue weighted by molar-refractivity contribution is 0.0685. The van der Waals surface area contributed by atoms with Gasteiger partial charge in [0.15, 0.2) is 11.4 Å². The number of alkyl halides is 2. The van der Waals surface area contributed by atoms with Crippen molar-refractivity contribution in [2.45, 2.75) is 6.43 Å². The van der Waals surface area contributed by atoms with Crippen LogP contribution in [0.2, 0.25) is 0 Å². The lowest BCUT2D eigenvalue weighted by Gasteiger charge is -2.05. The van der Waals surface area contributed by atoms with Crippen LogP contribution in [0.25, 0.3) is 0 Å². The van der Waals surface area contributed by atoms with Gasteiger partial charge < -0.3 is 10.2 Å². The number of nitriles is 1. The molecule has 0 aliphatic carbocycles. The van der Waals surface area contributed by atoms with Crippen LogP contribution in [0.15, 0.2) is 6.07 Å². The van der Waals surface area contributed by atoms with Crippen molar-refractivity contribution in [3.05, 3.63) is 23.0 Å². The van der Waals surface area contributed by atoms with Crippen LogP contribution in [0.3, 0.4) is 0 Å². The minimum absolute atomic E-state index is 0.486. The third-order valence-corrected chi connectivity index (χ3v) is 1.57. The van der Waals surface area contributed by atoms with Crippen LogP contribution in [0.4, 0.5) is 8.78 Å². The monoisotopic (exact) mass is 214 g/mol. The molecule has 2 N–H and O–H groups in total. The minimum atomic E-state index is -3.07. The molecule has 0 spiro atoms. The van der Waals surface area contributed by atoms with Crippen LogP contribution in [-0.4, -0.2) is 21.2 Å². The minimum Gasteiger partial charge on any atom is -0.505 e. The average Bonchev–Trinajstić information content (AvgIpc) is 2.17. The van der Waals surface area contributed by atoms with E-state index < -0.39 is 35.1 Å². The second kappa shape index (κ2) is 3.88. The Morgan fingerprint density at radius 1 is 1.60 bits per heavy atom. The van der Waals surface area contributed by atoms with Crippen LogP contribution in [0.5, 0.6) is 5.75 Å². The molecule has 0 radical (unpaired) electrons. The Kier molecular flexibility index (Phi) is 2.80. The number of carboxylic acid groups (broad SMARTS) is 1. The highest BCUT2D eigenvalue weighted by Crippen LogP contribution is 2.30. The van der Waals surface area contributed by atoms with Gasteiger partial charge in [0.1, 0.15) is 11.8 Å². The molecule has 0 saturated carbocycles. The fourth-order valence-electron chi connectivity index (χ4n) is 0.931. The zero-order valence-electron chi connectivity index (χ0n) is 7.11. The van der Waals surface area contributed by atoms with Crippen molar-refractivity contribution in [2.75, 3.05) is 0 Å². The molecule has 15 heavy (non-hydrogen) atoms. The number of hydrogen-bond donors (Lipinski definition) is 2. The predicted molar refractivity (Wildman–Crippen MR) is 42.5 cm³/mol. The van der Waals surface area contributed by atoms with Gasteiger partial charge in [-0.05, 0) is 6.07 Å². The first-order valence-corrected chi connectivity index (χ1v) is 3.62. The molecular formula is C8H4F2N2O3. The van der Waals surface area contributed by atoms with E-state index in [4.69, 9.17) is 15.5 Å². The summed E-state index contributed by atoms with van der Waals surface area (Å²) >= 11 is 0. The third kappa shape index (κ3) is 1.99. The van der Waals surface area contributed by atoms with E-state index in [1.807, 2.05) is 0 Å². The molecule has 0 aromatic carbocycles. The van der Waals surface area contributed by atoms with Crippen molar-refractivity contribution in [1.29, 1.82) is 5.26 Å². The molecule has 1 aromatic rings. The first-order chi connectivity index (χ1) is 6.97. The highest BCUT2D eigenvalue weighted by Gasteiger charge is 2.22. The quantitative estimate of drug-likeness (QED) is 0.773. The lowest BCUT2D eigenvalue weighted by atomic mass is 10.1. The van der Waals surface area contributed by atoms with Crippen LogP contribution in [0, 0.1) is 11.3 Å². The van der Waals surface area contributed by atoms with Gasteiger partial charge in [0.05, 0.1) is 5.56 Å². The second-order valence-electron chi connectivity index (χ2n) is 2.51. The molecule has 7 heteroatoms. The van der Waals surface area contributed by atoms with Gasteiger partial charge in [0.25, 0.3) is 6.43 Å². The smallest absolute Gasteiger partial charge is 0.358 e. The van der Waals surface area contributed by atoms with Crippen molar-refractivity contribution in [2.24, 2.45) is 0 Å². The average molecular weight is 214 g/mol. The van der Waals surface area contributed by atoms with E-state index in [-0.39, 0.29) is 0 Å². The van der Waals surface area contributed by atoms with Crippen LogP contribution >= 0.6 is 0 Å². The van der Waals surface area contributed by atoms with Gasteiger partial charge in [-0.25, -0.2) is 18.6 Å². The zero-order valence-corrected chi connectivity index (χ0v) is 7.11. The summed E-state index contributed by atoms with van der Waals surface area (Å²) in [6.07, 6.45) is -3.07. The first-order valence-electron chi connectivity index (χ1n) is 3.62. The molecule has 0 saturated heterocycles. The fraction of sp³-hybridized carbons (Fsp3) is 0.125. The standard InChI is InChI=1S/C8H4F2N2O3/c9-7(10)4-1-3(2-11)12-5(6(4)13)8(14)15/h1,7,13H,(H,14,15). The van der Waals surface area contributed by atoms with Crippen molar-refractivity contribution in [3.8, 4) is 11.8 Å². The van der Waals surface area contributed by atoms with Gasteiger partial charge in [-0.3, -0.25) is 0 Å². The van der Waals surface area contributed by atoms with Gasteiger partial charge in [0.2, 0.25) is 0 Å². The summed E-state index contributed by atoms with van der Waals surface area (Å²) in [6, 6.07) is 2.07. The second-order valence-corrected chi connectivity index (χ2v) is 2.51. The number of aromatic carboxylic acids is 1. The Bertz CT molecular complexity index is 454. The first kappa shape index (κ1) is 10.8. The fourth-order valence-corrected chi connectivity index (χ4v) is 0.931. The summed E-state index contributed by atoms with van der Waals surface area (Å²) < 4.78 is 24.6. The maximum atomic E-state index is 12.3. The molecule has 0 fully saturated rings. The van der Waals surface area contributed by atoms with Crippen LogP contribution < -0.4 is 0 Å². The van der Waals surface area contributed by atoms with E-state index >= 15 is 0 Å². The number of aromatic hydroxyl groups is 1. The van der Waals surface area contributed by atoms with Crippen LogP contribution in [0.1, 0.15) is 28.2 Å². The molecule has 0 amide bonds. The van der Waals surface area contributed by atoms with Gasteiger partial charge >= 0.3 is 5.97 Å². The molecule has 1 aromatic heterocycles. The summed E-state index contributed by atoms with van der Waals surface area (Å²) in [5.74, 6) is -2.79. The number of aromatic nitrogens is 1. The normalized spacial score (nSPS) is 10.0. The predicted octanol–water partition coefficient (Wildman–Crippen LogP) is 1.29. The Morgan fingerprint density at radius 2 is 2.20 bits per heavy atom. The molecule has 78 valence electrons. The van der Waals surface area contributed by atoms with E-state index in [0.29, 0.717) is 6.07 Å². The topological polar surface area (TPSA) is 94.2 Å². The number of hydrogen-bond acceptors (Lipinski definition) is 4. The van der Waals surface area contributed by atoms with Crippen molar-refractivity contribution >= 4 is 5.97 Å². The van der Waals surface area contributed by atoms with E-state index in [0.717, 1.165) is 0 Å². The van der Waals surface area contributed by atoms with E-state index in [1.165, 1.54) is 6.07 Å². The van der Waals surface area contributed by atoms with Gasteiger partial charge in [-0.15, -0.1) is 0 Å². The Balaban J connectivity index is 3.49. The lowest BCUT2D eigenvalue weighted by Crippen LogP contribution is -2.05. The van der Waals surface area contributed by atoms with E-state index in [2.05, 4.69) is 4.98 Å². The van der Waals surface area contributed by atoms with Gasteiger partial charge in [0, 0.05) is 0 Å². The van der Waals surface area contributed by atoms with Crippen molar-refractivity contribution in [3.63, 3.8) is 0 Å². The van der Waals surface area contributed by atoms with Gasteiger partial charge in [-0.1, -0.05) is 0 Å². The Morgan fingerprint density at radius 3 is 2.60 bits per heavy atom. The molecular weight excluding hydrogens is 210 g/mol. The van der Waals surface area contributed by atoms with Crippen molar-refractivity contribution in [1.82, 2.24) is 4.98 Å². The maximum Gasteiger partial charge on any atom is 0.358 e. The number of carboxylic acids is 1. The molecule has 0 unspecified atom stereocenters. The van der Waals surface area contributed by atoms with Crippen LogP contribution in [-0.2, 0) is 0 Å². The molecule has 1 rings (SSSR count). The van der Waals surface area contributed by atoms with Crippen molar-refractivity contribution < 1.29 is 23.8 Å². The van der Waals surface area contributed by atoms with Gasteiger partial charge in [-0.2, -0.15) is 5.26 Å². The molecule has 0 bridgehead atoms. The largest absolute Gasteiger partial charge is 0.505 e. The third-order valence-electron chi connectivity index (χ3n) is 1.57. The number of carbonyl (C=O) groups is 1. The number of pyridine rings is 1.